The number of rotatable bonds is 2. The van der Waals surface area contributed by atoms with E-state index in [4.69, 9.17) is 6.42 Å². The van der Waals surface area contributed by atoms with Crippen molar-refractivity contribution in [2.24, 2.45) is 5.92 Å². The number of nitrogens with zero attached hydrogens (tertiary/aromatic N) is 2. The Morgan fingerprint density at radius 1 is 1.56 bits per heavy atom. The molecule has 1 saturated heterocycles. The predicted molar refractivity (Wildman–Crippen MR) is 62.3 cm³/mol. The zero-order valence-electron chi connectivity index (χ0n) is 9.30. The summed E-state index contributed by atoms with van der Waals surface area (Å²) in [6.07, 6.45) is 5.40. The van der Waals surface area contributed by atoms with E-state index in [0.717, 1.165) is 12.1 Å². The lowest BCUT2D eigenvalue weighted by Crippen LogP contribution is -2.25. The van der Waals surface area contributed by atoms with Gasteiger partial charge in [0.1, 0.15) is 0 Å². The maximum atomic E-state index is 13.7. The van der Waals surface area contributed by atoms with Gasteiger partial charge in [-0.15, -0.1) is 12.3 Å². The van der Waals surface area contributed by atoms with Gasteiger partial charge in [0.15, 0.2) is 5.82 Å². The average molecular weight is 248 g/mol. The van der Waals surface area contributed by atoms with Gasteiger partial charge in [-0.05, 0) is 6.07 Å². The quantitative estimate of drug-likeness (QED) is 0.454. The molecule has 6 heteroatoms. The van der Waals surface area contributed by atoms with Crippen LogP contribution in [0, 0.1) is 34.2 Å². The van der Waals surface area contributed by atoms with Crippen LogP contribution in [0.3, 0.4) is 0 Å². The summed E-state index contributed by atoms with van der Waals surface area (Å²) in [6, 6.07) is 3.19. The molecule has 0 spiro atoms. The molecule has 0 N–H and O–H groups in total. The van der Waals surface area contributed by atoms with E-state index >= 15 is 0 Å². The Morgan fingerprint density at radius 3 is 2.78 bits per heavy atom. The fourth-order valence-electron chi connectivity index (χ4n) is 1.88. The maximum absolute atomic E-state index is 13.7. The molecular weight excluding hydrogens is 239 g/mol. The number of nitro benzene ring substituents is 1. The van der Waals surface area contributed by atoms with Crippen LogP contribution in [-0.2, 0) is 4.79 Å². The van der Waals surface area contributed by atoms with Gasteiger partial charge in [0.2, 0.25) is 5.91 Å². The van der Waals surface area contributed by atoms with Crippen molar-refractivity contribution in [3.05, 3.63) is 34.1 Å². The lowest BCUT2D eigenvalue weighted by Gasteiger charge is -2.16. The Labute approximate surface area is 102 Å². The highest BCUT2D eigenvalue weighted by atomic mass is 19.1. The van der Waals surface area contributed by atoms with Crippen LogP contribution in [0.5, 0.6) is 0 Å². The van der Waals surface area contributed by atoms with E-state index in [2.05, 4.69) is 5.92 Å². The Hall–Kier alpha value is -2.42. The van der Waals surface area contributed by atoms with Gasteiger partial charge in [-0.2, -0.15) is 0 Å². The van der Waals surface area contributed by atoms with Gasteiger partial charge in [0.25, 0.3) is 5.69 Å². The smallest absolute Gasteiger partial charge is 0.272 e. The summed E-state index contributed by atoms with van der Waals surface area (Å²) in [5.41, 5.74) is -0.320. The molecular formula is C12H9FN2O3. The average Bonchev–Trinajstić information content (AvgIpc) is 2.70. The van der Waals surface area contributed by atoms with Crippen molar-refractivity contribution in [2.45, 2.75) is 6.42 Å². The number of hydrogen-bond acceptors (Lipinski definition) is 3. The molecule has 1 aromatic carbocycles. The van der Waals surface area contributed by atoms with Gasteiger partial charge in [-0.25, -0.2) is 4.39 Å². The molecule has 1 fully saturated rings. The van der Waals surface area contributed by atoms with Crippen LogP contribution in [0.15, 0.2) is 18.2 Å². The van der Waals surface area contributed by atoms with Gasteiger partial charge in [-0.3, -0.25) is 14.9 Å². The van der Waals surface area contributed by atoms with Crippen LogP contribution in [0.4, 0.5) is 15.8 Å². The molecule has 0 aromatic heterocycles. The molecule has 0 bridgehead atoms. The predicted octanol–water partition coefficient (Wildman–Crippen LogP) is 1.72. The molecule has 1 unspecified atom stereocenters. The molecule has 2 rings (SSSR count). The molecule has 1 aliphatic rings. The molecule has 1 amide bonds. The van der Waals surface area contributed by atoms with Crippen molar-refractivity contribution in [2.75, 3.05) is 11.4 Å². The SMILES string of the molecule is C#CC1CC(=O)N(c2ccc([N+](=O)[O-])cc2F)C1. The first-order valence-corrected chi connectivity index (χ1v) is 5.23. The van der Waals surface area contributed by atoms with E-state index in [1.165, 1.54) is 11.0 Å². The van der Waals surface area contributed by atoms with E-state index in [1.807, 2.05) is 0 Å². The zero-order valence-corrected chi connectivity index (χ0v) is 9.30. The first-order chi connectivity index (χ1) is 8.52. The highest BCUT2D eigenvalue weighted by Gasteiger charge is 2.31. The Kier molecular flexibility index (Phi) is 2.98. The number of benzene rings is 1. The minimum absolute atomic E-state index is 0.0309. The molecule has 0 radical (unpaired) electrons. The second-order valence-electron chi connectivity index (χ2n) is 3.96. The van der Waals surface area contributed by atoms with Crippen molar-refractivity contribution in [3.8, 4) is 12.3 Å². The summed E-state index contributed by atoms with van der Waals surface area (Å²) in [7, 11) is 0. The molecule has 1 aromatic rings. The van der Waals surface area contributed by atoms with Crippen molar-refractivity contribution in [1.82, 2.24) is 0 Å². The maximum Gasteiger partial charge on any atom is 0.272 e. The van der Waals surface area contributed by atoms with E-state index in [0.29, 0.717) is 0 Å². The highest BCUT2D eigenvalue weighted by molar-refractivity contribution is 5.96. The van der Waals surface area contributed by atoms with Crippen LogP contribution in [0.25, 0.3) is 0 Å². The number of terminal acetylenes is 1. The lowest BCUT2D eigenvalue weighted by atomic mass is 10.1. The third kappa shape index (κ3) is 2.02. The van der Waals surface area contributed by atoms with Crippen molar-refractivity contribution >= 4 is 17.3 Å². The molecule has 1 aliphatic heterocycles. The van der Waals surface area contributed by atoms with E-state index in [-0.39, 0.29) is 36.2 Å². The van der Waals surface area contributed by atoms with Crippen molar-refractivity contribution in [3.63, 3.8) is 0 Å². The van der Waals surface area contributed by atoms with Crippen LogP contribution < -0.4 is 4.90 Å². The number of non-ortho nitro benzene ring substituents is 1. The van der Waals surface area contributed by atoms with Gasteiger partial charge in [0, 0.05) is 24.9 Å². The van der Waals surface area contributed by atoms with Crippen LogP contribution in [-0.4, -0.2) is 17.4 Å². The van der Waals surface area contributed by atoms with Gasteiger partial charge in [0.05, 0.1) is 16.7 Å². The third-order valence-corrected chi connectivity index (χ3v) is 2.79. The minimum atomic E-state index is -0.796. The largest absolute Gasteiger partial charge is 0.308 e. The standard InChI is InChI=1S/C12H9FN2O3/c1-2-8-5-12(16)14(7-8)11-4-3-9(15(17)18)6-10(11)13/h1,3-4,6,8H,5,7H2. The van der Waals surface area contributed by atoms with Crippen LogP contribution >= 0.6 is 0 Å². The van der Waals surface area contributed by atoms with E-state index in [1.54, 1.807) is 0 Å². The number of halogens is 1. The summed E-state index contributed by atoms with van der Waals surface area (Å²) >= 11 is 0. The van der Waals surface area contributed by atoms with Gasteiger partial charge < -0.3 is 4.90 Å². The molecule has 18 heavy (non-hydrogen) atoms. The lowest BCUT2D eigenvalue weighted by molar-refractivity contribution is -0.385. The molecule has 1 heterocycles. The fourth-order valence-corrected chi connectivity index (χ4v) is 1.88. The first kappa shape index (κ1) is 12.0. The Balaban J connectivity index is 2.33. The fraction of sp³-hybridized carbons (Fsp3) is 0.250. The second kappa shape index (κ2) is 4.45. The van der Waals surface area contributed by atoms with Crippen LogP contribution in [0.1, 0.15) is 6.42 Å². The molecule has 0 saturated carbocycles. The number of hydrogen-bond donors (Lipinski definition) is 0. The summed E-state index contributed by atoms with van der Waals surface area (Å²) in [5, 5.41) is 10.5. The topological polar surface area (TPSA) is 63.5 Å². The summed E-state index contributed by atoms with van der Waals surface area (Å²) < 4.78 is 13.7. The third-order valence-electron chi connectivity index (χ3n) is 2.79. The first-order valence-electron chi connectivity index (χ1n) is 5.23. The molecule has 92 valence electrons. The second-order valence-corrected chi connectivity index (χ2v) is 3.96. The molecule has 0 aliphatic carbocycles. The normalized spacial score (nSPS) is 18.8. The number of anilines is 1. The number of amides is 1. The Bertz CT molecular complexity index is 565. The van der Waals surface area contributed by atoms with E-state index < -0.39 is 10.7 Å². The Morgan fingerprint density at radius 2 is 2.28 bits per heavy atom. The highest BCUT2D eigenvalue weighted by Crippen LogP contribution is 2.29. The van der Waals surface area contributed by atoms with Gasteiger partial charge in [-0.1, -0.05) is 0 Å². The monoisotopic (exact) mass is 248 g/mol. The summed E-state index contributed by atoms with van der Waals surface area (Å²) in [4.78, 5) is 22.7. The molecule has 1 atom stereocenters. The summed E-state index contributed by atoms with van der Waals surface area (Å²) in [6.45, 7) is 0.240. The van der Waals surface area contributed by atoms with Crippen LogP contribution in [0.2, 0.25) is 0 Å². The zero-order chi connectivity index (χ0) is 13.3. The van der Waals surface area contributed by atoms with Crippen molar-refractivity contribution < 1.29 is 14.1 Å². The molecule has 5 nitrogen and oxygen atoms in total. The summed E-state index contributed by atoms with van der Waals surface area (Å²) in [5.74, 6) is 1.14. The number of nitro groups is 1. The van der Waals surface area contributed by atoms with Gasteiger partial charge >= 0.3 is 0 Å². The number of carbonyl (C=O) groups excluding carboxylic acids is 1. The minimum Gasteiger partial charge on any atom is -0.308 e. The van der Waals surface area contributed by atoms with Crippen molar-refractivity contribution in [1.29, 1.82) is 0 Å². The number of carbonyl (C=O) groups is 1. The van der Waals surface area contributed by atoms with E-state index in [9.17, 15) is 19.3 Å².